The summed E-state index contributed by atoms with van der Waals surface area (Å²) in [7, 11) is 0. The number of aromatic nitrogens is 1. The summed E-state index contributed by atoms with van der Waals surface area (Å²) in [4.78, 5) is 15.9. The Kier molecular flexibility index (Phi) is 3.24. The third kappa shape index (κ3) is 2.91. The van der Waals surface area contributed by atoms with Gasteiger partial charge in [0.15, 0.2) is 5.69 Å². The van der Waals surface area contributed by atoms with E-state index in [1.807, 2.05) is 39.0 Å². The Morgan fingerprint density at radius 1 is 1.18 bits per heavy atom. The third-order valence-electron chi connectivity index (χ3n) is 2.23. The lowest BCUT2D eigenvalue weighted by Gasteiger charge is -2.04. The summed E-state index contributed by atoms with van der Waals surface area (Å²) < 4.78 is 5.28. The predicted molar refractivity (Wildman–Crippen MR) is 67.7 cm³/mol. The topological polar surface area (TPSA) is 39.2 Å². The Labute approximate surface area is 104 Å². The largest absolute Gasteiger partial charge is 0.422 e. The number of rotatable bonds is 2. The van der Waals surface area contributed by atoms with E-state index in [1.54, 1.807) is 5.38 Å². The summed E-state index contributed by atoms with van der Waals surface area (Å²) in [6, 6.07) is 5.71. The number of hydrogen-bond donors (Lipinski definition) is 0. The highest BCUT2D eigenvalue weighted by Crippen LogP contribution is 2.18. The van der Waals surface area contributed by atoms with Gasteiger partial charge in [0.05, 0.1) is 5.01 Å². The molecule has 17 heavy (non-hydrogen) atoms. The molecule has 1 heterocycles. The monoisotopic (exact) mass is 247 g/mol. The Morgan fingerprint density at radius 3 is 2.35 bits per heavy atom. The average molecular weight is 247 g/mol. The fourth-order valence-electron chi connectivity index (χ4n) is 1.61. The highest BCUT2D eigenvalue weighted by atomic mass is 32.1. The Bertz CT molecular complexity index is 540. The van der Waals surface area contributed by atoms with Gasteiger partial charge in [-0.25, -0.2) is 9.78 Å². The molecule has 0 aliphatic rings. The molecule has 0 unspecified atom stereocenters. The van der Waals surface area contributed by atoms with E-state index in [-0.39, 0.29) is 0 Å². The highest BCUT2D eigenvalue weighted by Gasteiger charge is 2.12. The lowest BCUT2D eigenvalue weighted by Crippen LogP contribution is -2.09. The maximum Gasteiger partial charge on any atom is 0.363 e. The van der Waals surface area contributed by atoms with Crippen LogP contribution in [0.15, 0.2) is 23.6 Å². The summed E-state index contributed by atoms with van der Waals surface area (Å²) in [5, 5.41) is 2.57. The van der Waals surface area contributed by atoms with Crippen molar-refractivity contribution in [1.29, 1.82) is 0 Å². The van der Waals surface area contributed by atoms with Crippen molar-refractivity contribution in [2.45, 2.75) is 20.8 Å². The predicted octanol–water partition coefficient (Wildman–Crippen LogP) is 3.29. The maximum atomic E-state index is 11.8. The van der Waals surface area contributed by atoms with Crippen LogP contribution in [0.25, 0.3) is 0 Å². The molecule has 0 aliphatic heterocycles. The molecule has 88 valence electrons. The Balaban J connectivity index is 2.18. The zero-order valence-corrected chi connectivity index (χ0v) is 10.8. The molecule has 0 saturated heterocycles. The van der Waals surface area contributed by atoms with Gasteiger partial charge in [-0.3, -0.25) is 0 Å². The van der Waals surface area contributed by atoms with Crippen LogP contribution in [0.1, 0.15) is 26.6 Å². The van der Waals surface area contributed by atoms with Crippen LogP contribution in [0.5, 0.6) is 5.75 Å². The summed E-state index contributed by atoms with van der Waals surface area (Å²) in [6.07, 6.45) is 0. The van der Waals surface area contributed by atoms with E-state index in [1.165, 1.54) is 11.3 Å². The number of carbonyl (C=O) groups excluding carboxylic acids is 1. The normalized spacial score (nSPS) is 10.3. The van der Waals surface area contributed by atoms with E-state index < -0.39 is 5.97 Å². The first-order valence-electron chi connectivity index (χ1n) is 5.27. The van der Waals surface area contributed by atoms with Crippen LogP contribution >= 0.6 is 11.3 Å². The van der Waals surface area contributed by atoms with Crippen molar-refractivity contribution in [3.8, 4) is 5.75 Å². The second-order valence-corrected chi connectivity index (χ2v) is 5.03. The first-order valence-corrected chi connectivity index (χ1v) is 6.15. The van der Waals surface area contributed by atoms with Gasteiger partial charge in [-0.2, -0.15) is 0 Å². The van der Waals surface area contributed by atoms with E-state index in [2.05, 4.69) is 4.98 Å². The van der Waals surface area contributed by atoms with Gasteiger partial charge in [-0.15, -0.1) is 11.3 Å². The van der Waals surface area contributed by atoms with Crippen LogP contribution in [0, 0.1) is 20.8 Å². The first kappa shape index (κ1) is 11.8. The summed E-state index contributed by atoms with van der Waals surface area (Å²) in [6.45, 7) is 5.80. The molecule has 0 atom stereocenters. The molecular weight excluding hydrogens is 234 g/mol. The van der Waals surface area contributed by atoms with Crippen LogP contribution < -0.4 is 4.74 Å². The molecule has 0 saturated carbocycles. The van der Waals surface area contributed by atoms with Gasteiger partial charge in [-0.1, -0.05) is 6.07 Å². The van der Waals surface area contributed by atoms with Gasteiger partial charge in [0.2, 0.25) is 0 Å². The van der Waals surface area contributed by atoms with E-state index >= 15 is 0 Å². The van der Waals surface area contributed by atoms with Crippen molar-refractivity contribution in [3.63, 3.8) is 0 Å². The molecule has 0 amide bonds. The van der Waals surface area contributed by atoms with Gasteiger partial charge in [0.1, 0.15) is 5.75 Å². The molecule has 0 N–H and O–H groups in total. The number of nitrogens with zero attached hydrogens (tertiary/aromatic N) is 1. The van der Waals surface area contributed by atoms with Crippen molar-refractivity contribution in [2.75, 3.05) is 0 Å². The van der Waals surface area contributed by atoms with Crippen molar-refractivity contribution in [3.05, 3.63) is 45.4 Å². The summed E-state index contributed by atoms with van der Waals surface area (Å²) in [5.74, 6) is 0.164. The molecule has 3 nitrogen and oxygen atoms in total. The lowest BCUT2D eigenvalue weighted by atomic mass is 10.1. The standard InChI is InChI=1S/C13H13NO2S/c1-8-4-9(2)6-11(5-8)16-13(15)12-7-17-10(3)14-12/h4-7H,1-3H3. The van der Waals surface area contributed by atoms with Gasteiger partial charge in [0.25, 0.3) is 0 Å². The van der Waals surface area contributed by atoms with Crippen LogP contribution in [0.3, 0.4) is 0 Å². The SMILES string of the molecule is Cc1cc(C)cc(OC(=O)c2csc(C)n2)c1. The van der Waals surface area contributed by atoms with Gasteiger partial charge in [-0.05, 0) is 44.0 Å². The first-order chi connectivity index (χ1) is 8.04. The number of carbonyl (C=O) groups is 1. The quantitative estimate of drug-likeness (QED) is 0.604. The second kappa shape index (κ2) is 4.67. The minimum Gasteiger partial charge on any atom is -0.422 e. The van der Waals surface area contributed by atoms with Crippen LogP contribution in [0.2, 0.25) is 0 Å². The number of thiazole rings is 1. The van der Waals surface area contributed by atoms with Crippen molar-refractivity contribution >= 4 is 17.3 Å². The number of esters is 1. The second-order valence-electron chi connectivity index (χ2n) is 3.96. The number of ether oxygens (including phenoxy) is 1. The molecule has 0 bridgehead atoms. The van der Waals surface area contributed by atoms with Gasteiger partial charge < -0.3 is 4.74 Å². The fourth-order valence-corrected chi connectivity index (χ4v) is 2.19. The fraction of sp³-hybridized carbons (Fsp3) is 0.231. The minimum absolute atomic E-state index is 0.367. The lowest BCUT2D eigenvalue weighted by molar-refractivity contribution is 0.0729. The van der Waals surface area contributed by atoms with Gasteiger partial charge >= 0.3 is 5.97 Å². The molecule has 4 heteroatoms. The molecule has 0 radical (unpaired) electrons. The Morgan fingerprint density at radius 2 is 1.82 bits per heavy atom. The van der Waals surface area contributed by atoms with E-state index in [4.69, 9.17) is 4.74 Å². The van der Waals surface area contributed by atoms with Crippen molar-refractivity contribution in [2.24, 2.45) is 0 Å². The molecule has 0 aliphatic carbocycles. The number of benzene rings is 1. The Hall–Kier alpha value is -1.68. The highest BCUT2D eigenvalue weighted by molar-refractivity contribution is 7.09. The number of hydrogen-bond acceptors (Lipinski definition) is 4. The summed E-state index contributed by atoms with van der Waals surface area (Å²) >= 11 is 1.44. The molecule has 0 spiro atoms. The zero-order valence-electron chi connectivity index (χ0n) is 9.98. The molecule has 0 fully saturated rings. The molecular formula is C13H13NO2S. The zero-order chi connectivity index (χ0) is 12.4. The molecule has 1 aromatic carbocycles. The molecule has 1 aromatic heterocycles. The van der Waals surface area contributed by atoms with Crippen LogP contribution in [-0.2, 0) is 0 Å². The number of aryl methyl sites for hydroxylation is 3. The smallest absolute Gasteiger partial charge is 0.363 e. The van der Waals surface area contributed by atoms with Crippen LogP contribution in [0.4, 0.5) is 0 Å². The average Bonchev–Trinajstić information content (AvgIpc) is 2.63. The van der Waals surface area contributed by atoms with E-state index in [9.17, 15) is 4.79 Å². The minimum atomic E-state index is -0.403. The van der Waals surface area contributed by atoms with Crippen molar-refractivity contribution < 1.29 is 9.53 Å². The molecule has 2 aromatic rings. The maximum absolute atomic E-state index is 11.8. The van der Waals surface area contributed by atoms with E-state index in [0.717, 1.165) is 16.1 Å². The van der Waals surface area contributed by atoms with Crippen LogP contribution in [-0.4, -0.2) is 11.0 Å². The van der Waals surface area contributed by atoms with Gasteiger partial charge in [0, 0.05) is 5.38 Å². The summed E-state index contributed by atoms with van der Waals surface area (Å²) in [5.41, 5.74) is 2.51. The van der Waals surface area contributed by atoms with E-state index in [0.29, 0.717) is 11.4 Å². The molecule has 2 rings (SSSR count). The van der Waals surface area contributed by atoms with Crippen molar-refractivity contribution in [1.82, 2.24) is 4.98 Å². The third-order valence-corrected chi connectivity index (χ3v) is 3.01.